The van der Waals surface area contributed by atoms with E-state index in [0.29, 0.717) is 30.3 Å². The minimum atomic E-state index is -1.08. The van der Waals surface area contributed by atoms with E-state index in [1.807, 2.05) is 0 Å². The molecule has 2 aromatic rings. The van der Waals surface area contributed by atoms with Gasteiger partial charge in [-0.25, -0.2) is 14.2 Å². The number of carbonyl (C=O) groups excluding carboxylic acids is 1. The van der Waals surface area contributed by atoms with Crippen molar-refractivity contribution in [1.29, 1.82) is 0 Å². The molecule has 1 saturated heterocycles. The van der Waals surface area contributed by atoms with Crippen LogP contribution in [0.25, 0.3) is 10.9 Å². The maximum absolute atomic E-state index is 12.7. The summed E-state index contributed by atoms with van der Waals surface area (Å²) in [5, 5.41) is 9.50. The summed E-state index contributed by atoms with van der Waals surface area (Å²) in [5.74, 6) is -1.62. The molecule has 2 N–H and O–H groups in total. The molecular weight excluding hydrogens is 314 g/mol. The Bertz CT molecular complexity index is 929. The van der Waals surface area contributed by atoms with Gasteiger partial charge in [-0.3, -0.25) is 9.59 Å². The van der Waals surface area contributed by atoms with Gasteiger partial charge in [0.15, 0.2) is 0 Å². The highest BCUT2D eigenvalue weighted by Gasteiger charge is 2.37. The first-order valence-corrected chi connectivity index (χ1v) is 7.68. The van der Waals surface area contributed by atoms with E-state index in [0.717, 1.165) is 4.57 Å². The summed E-state index contributed by atoms with van der Waals surface area (Å²) in [5.41, 5.74) is -0.861. The Hall–Kier alpha value is -2.90. The van der Waals surface area contributed by atoms with Crippen LogP contribution in [0, 0.1) is 0 Å². The fraction of sp³-hybridized carbons (Fsp3) is 0.375. The monoisotopic (exact) mass is 331 g/mol. The topological polar surface area (TPSA) is 112 Å². The van der Waals surface area contributed by atoms with Crippen LogP contribution in [0.2, 0.25) is 0 Å². The zero-order valence-corrected chi connectivity index (χ0v) is 13.1. The van der Waals surface area contributed by atoms with Crippen molar-refractivity contribution in [3.8, 4) is 0 Å². The van der Waals surface area contributed by atoms with Crippen molar-refractivity contribution in [3.05, 3.63) is 45.1 Å². The molecule has 0 spiro atoms. The number of aliphatic carboxylic acids is 1. The largest absolute Gasteiger partial charge is 0.480 e. The standard InChI is InChI=1S/C16H17N3O5/c1-9(13(20)18-8-4-7-12(18)15(22)23)19-14(21)10-5-2-3-6-11(10)17-16(19)24/h2-3,5-6,9,12H,4,7-8H2,1H3,(H,17,24)(H,22,23)/t9-,12-/m1/s1. The van der Waals surface area contributed by atoms with Crippen LogP contribution in [0.3, 0.4) is 0 Å². The molecule has 1 amide bonds. The van der Waals surface area contributed by atoms with Crippen molar-refractivity contribution in [2.45, 2.75) is 31.8 Å². The van der Waals surface area contributed by atoms with Crippen molar-refractivity contribution in [1.82, 2.24) is 14.5 Å². The van der Waals surface area contributed by atoms with Gasteiger partial charge in [-0.2, -0.15) is 0 Å². The Kier molecular flexibility index (Phi) is 3.96. The van der Waals surface area contributed by atoms with Crippen molar-refractivity contribution in [2.24, 2.45) is 0 Å². The predicted octanol–water partition coefficient (Wildman–Crippen LogP) is 0.326. The van der Waals surface area contributed by atoms with E-state index in [1.54, 1.807) is 24.3 Å². The van der Waals surface area contributed by atoms with Crippen LogP contribution < -0.4 is 11.2 Å². The summed E-state index contributed by atoms with van der Waals surface area (Å²) in [6.45, 7) is 1.74. The van der Waals surface area contributed by atoms with Gasteiger partial charge in [0.25, 0.3) is 5.56 Å². The summed E-state index contributed by atoms with van der Waals surface area (Å²) in [7, 11) is 0. The van der Waals surface area contributed by atoms with E-state index in [1.165, 1.54) is 11.8 Å². The number of H-pyrrole nitrogens is 1. The maximum atomic E-state index is 12.7. The molecule has 1 fully saturated rings. The zero-order valence-electron chi connectivity index (χ0n) is 13.1. The Morgan fingerprint density at radius 2 is 2.00 bits per heavy atom. The molecule has 8 heteroatoms. The third-order valence-electron chi connectivity index (χ3n) is 4.40. The number of rotatable bonds is 3. The summed E-state index contributed by atoms with van der Waals surface area (Å²) >= 11 is 0. The number of amides is 1. The van der Waals surface area contributed by atoms with Gasteiger partial charge in [0.1, 0.15) is 12.1 Å². The van der Waals surface area contributed by atoms with Crippen LogP contribution >= 0.6 is 0 Å². The lowest BCUT2D eigenvalue weighted by Gasteiger charge is -2.25. The Labute approximate surface area is 136 Å². The smallest absolute Gasteiger partial charge is 0.329 e. The molecule has 24 heavy (non-hydrogen) atoms. The normalized spacial score (nSPS) is 18.7. The quantitative estimate of drug-likeness (QED) is 0.841. The number of nitrogens with one attached hydrogen (secondary N) is 1. The number of benzene rings is 1. The minimum Gasteiger partial charge on any atom is -0.480 e. The van der Waals surface area contributed by atoms with Gasteiger partial charge in [-0.15, -0.1) is 0 Å². The molecule has 8 nitrogen and oxygen atoms in total. The minimum absolute atomic E-state index is 0.299. The van der Waals surface area contributed by atoms with E-state index in [2.05, 4.69) is 4.98 Å². The number of fused-ring (bicyclic) bond motifs is 1. The molecular formula is C16H17N3O5. The fourth-order valence-corrected chi connectivity index (χ4v) is 3.17. The highest BCUT2D eigenvalue weighted by atomic mass is 16.4. The lowest BCUT2D eigenvalue weighted by atomic mass is 10.2. The molecule has 1 aliphatic rings. The van der Waals surface area contributed by atoms with Crippen molar-refractivity contribution >= 4 is 22.8 Å². The van der Waals surface area contributed by atoms with Crippen molar-refractivity contribution in [2.75, 3.05) is 6.54 Å². The van der Waals surface area contributed by atoms with Crippen LogP contribution in [0.15, 0.2) is 33.9 Å². The molecule has 126 valence electrons. The zero-order chi connectivity index (χ0) is 17.4. The van der Waals surface area contributed by atoms with Crippen molar-refractivity contribution in [3.63, 3.8) is 0 Å². The molecule has 1 aromatic heterocycles. The first kappa shape index (κ1) is 16.0. The second-order valence-corrected chi connectivity index (χ2v) is 5.85. The SMILES string of the molecule is C[C@H](C(=O)N1CCC[C@@H]1C(=O)O)n1c(=O)[nH]c2ccccc2c1=O. The number of carbonyl (C=O) groups is 2. The lowest BCUT2D eigenvalue weighted by Crippen LogP contribution is -2.48. The van der Waals surface area contributed by atoms with Crippen LogP contribution in [-0.2, 0) is 9.59 Å². The third kappa shape index (κ3) is 2.49. The summed E-state index contributed by atoms with van der Waals surface area (Å²) in [6, 6.07) is 4.55. The Morgan fingerprint density at radius 1 is 1.29 bits per heavy atom. The summed E-state index contributed by atoms with van der Waals surface area (Å²) < 4.78 is 0.849. The molecule has 0 unspecified atom stereocenters. The highest BCUT2D eigenvalue weighted by Crippen LogP contribution is 2.21. The number of para-hydroxylation sites is 1. The van der Waals surface area contributed by atoms with Gasteiger partial charge in [-0.05, 0) is 31.9 Å². The van der Waals surface area contributed by atoms with Gasteiger partial charge in [0.05, 0.1) is 10.9 Å². The number of carboxylic acids is 1. The predicted molar refractivity (Wildman–Crippen MR) is 85.9 cm³/mol. The average Bonchev–Trinajstić information content (AvgIpc) is 3.03. The van der Waals surface area contributed by atoms with E-state index in [-0.39, 0.29) is 0 Å². The molecule has 0 bridgehead atoms. The van der Waals surface area contributed by atoms with Gasteiger partial charge in [-0.1, -0.05) is 12.1 Å². The van der Waals surface area contributed by atoms with Crippen molar-refractivity contribution < 1.29 is 14.7 Å². The first-order valence-electron chi connectivity index (χ1n) is 7.68. The number of likely N-dealkylation sites (tertiary alicyclic amines) is 1. The number of aromatic nitrogens is 2. The van der Waals surface area contributed by atoms with E-state index < -0.39 is 35.2 Å². The van der Waals surface area contributed by atoms with Gasteiger partial charge in [0, 0.05) is 6.54 Å². The first-order chi connectivity index (χ1) is 11.4. The fourth-order valence-electron chi connectivity index (χ4n) is 3.17. The summed E-state index contributed by atoms with van der Waals surface area (Å²) in [4.78, 5) is 52.5. The number of hydrogen-bond donors (Lipinski definition) is 2. The van der Waals surface area contributed by atoms with E-state index in [9.17, 15) is 24.3 Å². The molecule has 0 aliphatic carbocycles. The Balaban J connectivity index is 2.04. The molecule has 0 saturated carbocycles. The van der Waals surface area contributed by atoms with Gasteiger partial charge in [0.2, 0.25) is 5.91 Å². The highest BCUT2D eigenvalue weighted by molar-refractivity contribution is 5.86. The van der Waals surface area contributed by atoms with Gasteiger partial charge >= 0.3 is 11.7 Å². The number of aromatic amines is 1. The lowest BCUT2D eigenvalue weighted by molar-refractivity contribution is -0.149. The molecule has 2 atom stereocenters. The third-order valence-corrected chi connectivity index (χ3v) is 4.40. The number of nitrogens with zero attached hydrogens (tertiary/aromatic N) is 2. The second kappa shape index (κ2) is 5.95. The average molecular weight is 331 g/mol. The maximum Gasteiger partial charge on any atom is 0.329 e. The van der Waals surface area contributed by atoms with E-state index in [4.69, 9.17) is 0 Å². The molecule has 3 rings (SSSR count). The molecule has 2 heterocycles. The Morgan fingerprint density at radius 3 is 2.71 bits per heavy atom. The molecule has 0 radical (unpaired) electrons. The molecule has 1 aliphatic heterocycles. The van der Waals surface area contributed by atoms with Gasteiger partial charge < -0.3 is 15.0 Å². The van der Waals surface area contributed by atoms with Crippen LogP contribution in [0.4, 0.5) is 0 Å². The number of carboxylic acid groups (broad SMARTS) is 1. The van der Waals surface area contributed by atoms with Crippen LogP contribution in [0.1, 0.15) is 25.8 Å². The molecule has 1 aromatic carbocycles. The number of hydrogen-bond acceptors (Lipinski definition) is 4. The summed E-state index contributed by atoms with van der Waals surface area (Å²) in [6.07, 6.45) is 0.954. The van der Waals surface area contributed by atoms with Crippen LogP contribution in [-0.4, -0.2) is 44.0 Å². The van der Waals surface area contributed by atoms with E-state index >= 15 is 0 Å². The second-order valence-electron chi connectivity index (χ2n) is 5.85. The van der Waals surface area contributed by atoms with Crippen LogP contribution in [0.5, 0.6) is 0 Å².